The molecule has 0 aliphatic carbocycles. The minimum atomic E-state index is -0.389. The molecule has 6 heteroatoms. The van der Waals surface area contributed by atoms with Crippen molar-refractivity contribution in [1.82, 2.24) is 5.32 Å². The molecule has 0 unspecified atom stereocenters. The molecule has 0 fully saturated rings. The van der Waals surface area contributed by atoms with Crippen LogP contribution in [-0.2, 0) is 11.2 Å². The number of anilines is 1. The van der Waals surface area contributed by atoms with E-state index in [0.717, 1.165) is 37.2 Å². The summed E-state index contributed by atoms with van der Waals surface area (Å²) in [6.45, 7) is 4.35. The fourth-order valence-corrected chi connectivity index (χ4v) is 2.59. The maximum atomic E-state index is 12.2. The van der Waals surface area contributed by atoms with Gasteiger partial charge in [0, 0.05) is 37.3 Å². The van der Waals surface area contributed by atoms with Crippen LogP contribution in [0.25, 0.3) is 0 Å². The van der Waals surface area contributed by atoms with Crippen LogP contribution in [-0.4, -0.2) is 30.5 Å². The molecule has 1 aromatic rings. The number of amides is 1. The SMILES string of the molecule is CCCNCCN1C(=O)CCCc2cc([N+](=O)[O-])ccc21. The highest BCUT2D eigenvalue weighted by atomic mass is 16.6. The lowest BCUT2D eigenvalue weighted by molar-refractivity contribution is -0.384. The zero-order valence-corrected chi connectivity index (χ0v) is 12.3. The van der Waals surface area contributed by atoms with E-state index in [1.807, 2.05) is 0 Å². The van der Waals surface area contributed by atoms with Crippen molar-refractivity contribution in [2.45, 2.75) is 32.6 Å². The second kappa shape index (κ2) is 7.17. The molecule has 0 atom stereocenters. The molecule has 0 saturated carbocycles. The van der Waals surface area contributed by atoms with Crippen molar-refractivity contribution >= 4 is 17.3 Å². The number of rotatable bonds is 6. The quantitative estimate of drug-likeness (QED) is 0.495. The summed E-state index contributed by atoms with van der Waals surface area (Å²) in [5, 5.41) is 14.2. The highest BCUT2D eigenvalue weighted by Gasteiger charge is 2.23. The molecule has 0 bridgehead atoms. The van der Waals surface area contributed by atoms with Gasteiger partial charge in [-0.15, -0.1) is 0 Å². The maximum absolute atomic E-state index is 12.2. The lowest BCUT2D eigenvalue weighted by atomic mass is 10.1. The van der Waals surface area contributed by atoms with Crippen LogP contribution in [0.15, 0.2) is 18.2 Å². The van der Waals surface area contributed by atoms with Crippen molar-refractivity contribution in [2.75, 3.05) is 24.5 Å². The number of nitro benzene ring substituents is 1. The number of nitro groups is 1. The number of fused-ring (bicyclic) bond motifs is 1. The third-order valence-electron chi connectivity index (χ3n) is 3.64. The van der Waals surface area contributed by atoms with Gasteiger partial charge in [-0.2, -0.15) is 0 Å². The van der Waals surface area contributed by atoms with Crippen LogP contribution < -0.4 is 10.2 Å². The molecular formula is C15H21N3O3. The van der Waals surface area contributed by atoms with Crippen molar-refractivity contribution in [2.24, 2.45) is 0 Å². The van der Waals surface area contributed by atoms with Gasteiger partial charge in [0.25, 0.3) is 5.69 Å². The second-order valence-corrected chi connectivity index (χ2v) is 5.22. The van der Waals surface area contributed by atoms with Gasteiger partial charge in [-0.05, 0) is 37.4 Å². The van der Waals surface area contributed by atoms with Crippen molar-refractivity contribution in [3.8, 4) is 0 Å². The Morgan fingerprint density at radius 1 is 1.33 bits per heavy atom. The smallest absolute Gasteiger partial charge is 0.269 e. The zero-order chi connectivity index (χ0) is 15.2. The molecule has 21 heavy (non-hydrogen) atoms. The molecule has 6 nitrogen and oxygen atoms in total. The van der Waals surface area contributed by atoms with Crippen LogP contribution in [0, 0.1) is 10.1 Å². The van der Waals surface area contributed by atoms with Gasteiger partial charge in [-0.25, -0.2) is 0 Å². The lowest BCUT2D eigenvalue weighted by Crippen LogP contribution is -2.36. The van der Waals surface area contributed by atoms with Crippen LogP contribution in [0.2, 0.25) is 0 Å². The number of hydrogen-bond acceptors (Lipinski definition) is 4. The third-order valence-corrected chi connectivity index (χ3v) is 3.64. The van der Waals surface area contributed by atoms with E-state index < -0.39 is 0 Å². The molecular weight excluding hydrogens is 270 g/mol. The van der Waals surface area contributed by atoms with Gasteiger partial charge in [-0.1, -0.05) is 6.92 Å². The monoisotopic (exact) mass is 291 g/mol. The molecule has 1 aliphatic rings. The fraction of sp³-hybridized carbons (Fsp3) is 0.533. The number of nitrogens with zero attached hydrogens (tertiary/aromatic N) is 2. The van der Waals surface area contributed by atoms with Crippen molar-refractivity contribution in [3.05, 3.63) is 33.9 Å². The summed E-state index contributed by atoms with van der Waals surface area (Å²) in [7, 11) is 0. The minimum Gasteiger partial charge on any atom is -0.315 e. The molecule has 0 radical (unpaired) electrons. The predicted molar refractivity (Wildman–Crippen MR) is 81.5 cm³/mol. The summed E-state index contributed by atoms with van der Waals surface area (Å²) in [4.78, 5) is 24.5. The molecule has 0 aromatic heterocycles. The normalized spacial score (nSPS) is 14.7. The Bertz CT molecular complexity index is 531. The molecule has 1 N–H and O–H groups in total. The number of aryl methyl sites for hydroxylation is 1. The number of non-ortho nitro benzene ring substituents is 1. The Balaban J connectivity index is 2.20. The van der Waals surface area contributed by atoms with E-state index in [9.17, 15) is 14.9 Å². The van der Waals surface area contributed by atoms with Gasteiger partial charge >= 0.3 is 0 Å². The summed E-state index contributed by atoms with van der Waals surface area (Å²) in [6.07, 6.45) is 3.00. The third kappa shape index (κ3) is 3.78. The van der Waals surface area contributed by atoms with Crippen LogP contribution >= 0.6 is 0 Å². The summed E-state index contributed by atoms with van der Waals surface area (Å²) in [5.41, 5.74) is 1.80. The van der Waals surface area contributed by atoms with Gasteiger partial charge in [0.1, 0.15) is 0 Å². The molecule has 2 rings (SSSR count). The van der Waals surface area contributed by atoms with Crippen molar-refractivity contribution in [1.29, 1.82) is 0 Å². The highest BCUT2D eigenvalue weighted by molar-refractivity contribution is 5.95. The second-order valence-electron chi connectivity index (χ2n) is 5.22. The average Bonchev–Trinajstić information content (AvgIpc) is 2.62. The standard InChI is InChI=1S/C15H21N3O3/c1-2-8-16-9-10-17-14-7-6-13(18(20)21)11-12(14)4-3-5-15(17)19/h6-7,11,16H,2-5,8-10H2,1H3. The van der Waals surface area contributed by atoms with E-state index in [4.69, 9.17) is 0 Å². The van der Waals surface area contributed by atoms with Gasteiger partial charge in [0.05, 0.1) is 4.92 Å². The first-order valence-electron chi connectivity index (χ1n) is 7.42. The minimum absolute atomic E-state index is 0.0900. The molecule has 1 aliphatic heterocycles. The van der Waals surface area contributed by atoms with Gasteiger partial charge < -0.3 is 10.2 Å². The van der Waals surface area contributed by atoms with Gasteiger partial charge in [-0.3, -0.25) is 14.9 Å². The number of carbonyl (C=O) groups excluding carboxylic acids is 1. The Labute approximate surface area is 124 Å². The molecule has 1 heterocycles. The summed E-state index contributed by atoms with van der Waals surface area (Å²) < 4.78 is 0. The lowest BCUT2D eigenvalue weighted by Gasteiger charge is -2.23. The maximum Gasteiger partial charge on any atom is 0.269 e. The molecule has 0 saturated heterocycles. The molecule has 0 spiro atoms. The van der Waals surface area contributed by atoms with Crippen LogP contribution in [0.4, 0.5) is 11.4 Å². The first kappa shape index (κ1) is 15.4. The molecule has 114 valence electrons. The number of benzene rings is 1. The van der Waals surface area contributed by atoms with E-state index in [1.54, 1.807) is 17.0 Å². The van der Waals surface area contributed by atoms with Crippen molar-refractivity contribution in [3.63, 3.8) is 0 Å². The van der Waals surface area contributed by atoms with E-state index in [2.05, 4.69) is 12.2 Å². The average molecular weight is 291 g/mol. The number of nitrogens with one attached hydrogen (secondary N) is 1. The number of hydrogen-bond donors (Lipinski definition) is 1. The largest absolute Gasteiger partial charge is 0.315 e. The Morgan fingerprint density at radius 3 is 2.86 bits per heavy atom. The predicted octanol–water partition coefficient (Wildman–Crippen LogP) is 2.26. The topological polar surface area (TPSA) is 75.5 Å². The summed E-state index contributed by atoms with van der Waals surface area (Å²) in [5.74, 6) is 0.0981. The molecule has 1 amide bonds. The fourth-order valence-electron chi connectivity index (χ4n) is 2.59. The zero-order valence-electron chi connectivity index (χ0n) is 12.3. The first-order chi connectivity index (χ1) is 10.1. The Hall–Kier alpha value is -1.95. The highest BCUT2D eigenvalue weighted by Crippen LogP contribution is 2.30. The van der Waals surface area contributed by atoms with Crippen LogP contribution in [0.5, 0.6) is 0 Å². The van der Waals surface area contributed by atoms with E-state index in [1.165, 1.54) is 6.07 Å². The van der Waals surface area contributed by atoms with Crippen LogP contribution in [0.3, 0.4) is 0 Å². The first-order valence-corrected chi connectivity index (χ1v) is 7.42. The van der Waals surface area contributed by atoms with E-state index in [-0.39, 0.29) is 16.5 Å². The Morgan fingerprint density at radius 2 is 2.14 bits per heavy atom. The van der Waals surface area contributed by atoms with Crippen LogP contribution in [0.1, 0.15) is 31.7 Å². The van der Waals surface area contributed by atoms with E-state index >= 15 is 0 Å². The van der Waals surface area contributed by atoms with Gasteiger partial charge in [0.2, 0.25) is 5.91 Å². The summed E-state index contributed by atoms with van der Waals surface area (Å²) >= 11 is 0. The van der Waals surface area contributed by atoms with Gasteiger partial charge in [0.15, 0.2) is 0 Å². The van der Waals surface area contributed by atoms with Crippen molar-refractivity contribution < 1.29 is 9.72 Å². The number of carbonyl (C=O) groups is 1. The molecule has 1 aromatic carbocycles. The summed E-state index contributed by atoms with van der Waals surface area (Å²) in [6, 6.07) is 4.78. The Kier molecular flexibility index (Phi) is 5.27. The van der Waals surface area contributed by atoms with E-state index in [0.29, 0.717) is 19.4 Å².